The van der Waals surface area contributed by atoms with Gasteiger partial charge in [-0.25, -0.2) is 9.07 Å². The predicted octanol–water partition coefficient (Wildman–Crippen LogP) is 2.89. The fraction of sp³-hybridized carbons (Fsp3) is 0.176. The molecule has 2 heterocycles. The second-order valence-electron chi connectivity index (χ2n) is 5.15. The molecule has 23 heavy (non-hydrogen) atoms. The van der Waals surface area contributed by atoms with E-state index in [9.17, 15) is 9.18 Å². The molecule has 2 aromatic heterocycles. The maximum atomic E-state index is 14.2. The van der Waals surface area contributed by atoms with Crippen molar-refractivity contribution < 1.29 is 9.18 Å². The van der Waals surface area contributed by atoms with Crippen molar-refractivity contribution in [3.8, 4) is 11.5 Å². The van der Waals surface area contributed by atoms with Gasteiger partial charge < -0.3 is 9.47 Å². The molecule has 3 rings (SSSR count). The Bertz CT molecular complexity index is 823. The van der Waals surface area contributed by atoms with Crippen LogP contribution in [0.5, 0.6) is 0 Å². The first kappa shape index (κ1) is 15.0. The molecule has 0 saturated carbocycles. The van der Waals surface area contributed by atoms with E-state index in [1.807, 2.05) is 19.1 Å². The molecule has 0 atom stereocenters. The second kappa shape index (κ2) is 6.08. The molecular weight excluding hydrogens is 295 g/mol. The monoisotopic (exact) mass is 312 g/mol. The Balaban J connectivity index is 2.21. The molecule has 6 heteroatoms. The number of halogens is 1. The van der Waals surface area contributed by atoms with Gasteiger partial charge in [0, 0.05) is 26.0 Å². The predicted molar refractivity (Wildman–Crippen MR) is 85.5 cm³/mol. The summed E-state index contributed by atoms with van der Waals surface area (Å²) in [5, 5.41) is 4.25. The Kier molecular flexibility index (Phi) is 3.97. The first-order valence-corrected chi connectivity index (χ1v) is 7.35. The third-order valence-electron chi connectivity index (χ3n) is 3.72. The molecule has 0 spiro atoms. The molecule has 0 aliphatic carbocycles. The van der Waals surface area contributed by atoms with Crippen molar-refractivity contribution in [3.05, 3.63) is 66.4 Å². The Morgan fingerprint density at radius 1 is 1.22 bits per heavy atom. The van der Waals surface area contributed by atoms with E-state index in [0.717, 1.165) is 0 Å². The molecule has 0 aliphatic heterocycles. The zero-order chi connectivity index (χ0) is 16.4. The van der Waals surface area contributed by atoms with Gasteiger partial charge in [-0.2, -0.15) is 5.10 Å². The van der Waals surface area contributed by atoms with Crippen LogP contribution in [0.4, 0.5) is 4.39 Å². The van der Waals surface area contributed by atoms with Gasteiger partial charge in [-0.3, -0.25) is 4.79 Å². The molecule has 5 nitrogen and oxygen atoms in total. The Morgan fingerprint density at radius 3 is 2.57 bits per heavy atom. The molecular formula is C17H17FN4O. The number of hydrogen-bond acceptors (Lipinski definition) is 2. The Labute approximate surface area is 133 Å². The van der Waals surface area contributed by atoms with Crippen LogP contribution < -0.4 is 0 Å². The van der Waals surface area contributed by atoms with Gasteiger partial charge in [0.2, 0.25) is 0 Å². The number of benzene rings is 1. The lowest BCUT2D eigenvalue weighted by Gasteiger charge is -2.16. The van der Waals surface area contributed by atoms with Gasteiger partial charge in [0.1, 0.15) is 17.1 Å². The van der Waals surface area contributed by atoms with Crippen LogP contribution >= 0.6 is 0 Å². The summed E-state index contributed by atoms with van der Waals surface area (Å²) in [7, 11) is 1.72. The quantitative estimate of drug-likeness (QED) is 0.743. The number of rotatable bonds is 4. The average Bonchev–Trinajstić information content (AvgIpc) is 3.22. The van der Waals surface area contributed by atoms with E-state index in [-0.39, 0.29) is 5.91 Å². The van der Waals surface area contributed by atoms with Crippen LogP contribution in [-0.2, 0) is 0 Å². The summed E-state index contributed by atoms with van der Waals surface area (Å²) in [4.78, 5) is 14.2. The lowest BCUT2D eigenvalue weighted by molar-refractivity contribution is 0.0802. The second-order valence-corrected chi connectivity index (χ2v) is 5.15. The van der Waals surface area contributed by atoms with E-state index in [0.29, 0.717) is 23.6 Å². The summed E-state index contributed by atoms with van der Waals surface area (Å²) in [5.41, 5.74) is 0.725. The molecule has 1 aromatic carbocycles. The molecule has 1 amide bonds. The van der Waals surface area contributed by atoms with Gasteiger partial charge in [-0.15, -0.1) is 0 Å². The standard InChI is InChI=1S/C17H17FN4O/c1-3-20(2)17(23)13-12-19-22(15-9-5-4-8-14(15)18)16(13)21-10-6-7-11-21/h4-12H,3H2,1-2H3. The van der Waals surface area contributed by atoms with Crippen molar-refractivity contribution in [1.29, 1.82) is 0 Å². The number of aromatic nitrogens is 3. The smallest absolute Gasteiger partial charge is 0.259 e. The zero-order valence-electron chi connectivity index (χ0n) is 13.0. The molecule has 0 N–H and O–H groups in total. The lowest BCUT2D eigenvalue weighted by Crippen LogP contribution is -2.27. The van der Waals surface area contributed by atoms with Crippen LogP contribution in [0.2, 0.25) is 0 Å². The largest absolute Gasteiger partial charge is 0.342 e. The number of hydrogen-bond donors (Lipinski definition) is 0. The topological polar surface area (TPSA) is 43.1 Å². The van der Waals surface area contributed by atoms with Crippen molar-refractivity contribution in [2.24, 2.45) is 0 Å². The van der Waals surface area contributed by atoms with Crippen LogP contribution in [0.25, 0.3) is 11.5 Å². The van der Waals surface area contributed by atoms with Crippen LogP contribution in [0.3, 0.4) is 0 Å². The van der Waals surface area contributed by atoms with Crippen LogP contribution in [0, 0.1) is 5.82 Å². The molecule has 118 valence electrons. The summed E-state index contributed by atoms with van der Waals surface area (Å²) in [5.74, 6) is -0.0314. The van der Waals surface area contributed by atoms with Gasteiger partial charge in [-0.05, 0) is 31.2 Å². The van der Waals surface area contributed by atoms with Crippen LogP contribution in [0.15, 0.2) is 55.0 Å². The SMILES string of the molecule is CCN(C)C(=O)c1cnn(-c2ccccc2F)c1-n1cccc1. The molecule has 0 saturated heterocycles. The van der Waals surface area contributed by atoms with E-state index in [2.05, 4.69) is 5.10 Å². The van der Waals surface area contributed by atoms with Crippen molar-refractivity contribution >= 4 is 5.91 Å². The normalized spacial score (nSPS) is 10.7. The highest BCUT2D eigenvalue weighted by atomic mass is 19.1. The van der Waals surface area contributed by atoms with E-state index >= 15 is 0 Å². The average molecular weight is 312 g/mol. The summed E-state index contributed by atoms with van der Waals surface area (Å²) < 4.78 is 17.4. The molecule has 0 radical (unpaired) electrons. The highest BCUT2D eigenvalue weighted by Crippen LogP contribution is 2.22. The molecule has 0 unspecified atom stereocenters. The maximum absolute atomic E-state index is 14.2. The fourth-order valence-corrected chi connectivity index (χ4v) is 2.37. The van der Waals surface area contributed by atoms with E-state index in [1.54, 1.807) is 47.1 Å². The molecule has 0 bridgehead atoms. The van der Waals surface area contributed by atoms with Crippen LogP contribution in [-0.4, -0.2) is 38.7 Å². The number of nitrogens with zero attached hydrogens (tertiary/aromatic N) is 4. The minimum atomic E-state index is -0.396. The summed E-state index contributed by atoms with van der Waals surface area (Å²) in [6.07, 6.45) is 5.09. The maximum Gasteiger partial charge on any atom is 0.259 e. The molecule has 0 aliphatic rings. The number of para-hydroxylation sites is 1. The van der Waals surface area contributed by atoms with Crippen molar-refractivity contribution in [1.82, 2.24) is 19.2 Å². The van der Waals surface area contributed by atoms with Crippen molar-refractivity contribution in [3.63, 3.8) is 0 Å². The van der Waals surface area contributed by atoms with Gasteiger partial charge in [0.05, 0.1) is 6.20 Å². The van der Waals surface area contributed by atoms with E-state index in [4.69, 9.17) is 0 Å². The Morgan fingerprint density at radius 2 is 1.91 bits per heavy atom. The van der Waals surface area contributed by atoms with Crippen molar-refractivity contribution in [2.75, 3.05) is 13.6 Å². The third-order valence-corrected chi connectivity index (χ3v) is 3.72. The first-order chi connectivity index (χ1) is 11.1. The lowest BCUT2D eigenvalue weighted by atomic mass is 10.2. The summed E-state index contributed by atoms with van der Waals surface area (Å²) in [6, 6.07) is 10.0. The fourth-order valence-electron chi connectivity index (χ4n) is 2.37. The van der Waals surface area contributed by atoms with Crippen molar-refractivity contribution in [2.45, 2.75) is 6.92 Å². The number of amides is 1. The highest BCUT2D eigenvalue weighted by Gasteiger charge is 2.22. The van der Waals surface area contributed by atoms with Crippen LogP contribution in [0.1, 0.15) is 17.3 Å². The van der Waals surface area contributed by atoms with Gasteiger partial charge >= 0.3 is 0 Å². The highest BCUT2D eigenvalue weighted by molar-refractivity contribution is 5.97. The minimum absolute atomic E-state index is 0.154. The number of carbonyl (C=O) groups is 1. The molecule has 0 fully saturated rings. The van der Waals surface area contributed by atoms with Gasteiger partial charge in [-0.1, -0.05) is 12.1 Å². The van der Waals surface area contributed by atoms with Gasteiger partial charge in [0.25, 0.3) is 5.91 Å². The number of carbonyl (C=O) groups excluding carboxylic acids is 1. The Hall–Kier alpha value is -2.89. The van der Waals surface area contributed by atoms with E-state index in [1.165, 1.54) is 16.9 Å². The summed E-state index contributed by atoms with van der Waals surface area (Å²) in [6.45, 7) is 2.48. The first-order valence-electron chi connectivity index (χ1n) is 7.35. The third kappa shape index (κ3) is 2.63. The summed E-state index contributed by atoms with van der Waals surface area (Å²) >= 11 is 0. The molecule has 3 aromatic rings. The minimum Gasteiger partial charge on any atom is -0.342 e. The van der Waals surface area contributed by atoms with E-state index < -0.39 is 5.82 Å². The van der Waals surface area contributed by atoms with Gasteiger partial charge in [0.15, 0.2) is 5.82 Å². The zero-order valence-corrected chi connectivity index (χ0v) is 13.0.